The van der Waals surface area contributed by atoms with E-state index in [2.05, 4.69) is 197 Å². The Morgan fingerprint density at radius 1 is 0.333 bits per heavy atom. The van der Waals surface area contributed by atoms with E-state index < -0.39 is 0 Å². The molecule has 9 aromatic rings. The Hall–Kier alpha value is -6.18. The van der Waals surface area contributed by atoms with E-state index in [1.54, 1.807) is 0 Å². The molecule has 0 aliphatic heterocycles. The van der Waals surface area contributed by atoms with Gasteiger partial charge in [0.2, 0.25) is 0 Å². The first-order chi connectivity index (χ1) is 26.2. The fourth-order valence-corrected chi connectivity index (χ4v) is 10.5. The van der Waals surface area contributed by atoms with Crippen molar-refractivity contribution in [3.8, 4) is 22.3 Å². The molecule has 0 saturated heterocycles. The van der Waals surface area contributed by atoms with Crippen LogP contribution >= 0.6 is 0 Å². The second-order valence-electron chi connectivity index (χ2n) is 16.6. The summed E-state index contributed by atoms with van der Waals surface area (Å²) in [6.45, 7) is 11.8. The van der Waals surface area contributed by atoms with Gasteiger partial charge in [0.25, 0.3) is 0 Å². The third-order valence-corrected chi connectivity index (χ3v) is 12.7. The molecule has 2 aliphatic rings. The van der Waals surface area contributed by atoms with Crippen molar-refractivity contribution in [1.82, 2.24) is 0 Å². The average Bonchev–Trinajstić information content (AvgIpc) is 3.58. The number of hydrogen-bond acceptors (Lipinski definition) is 1. The molecule has 0 spiro atoms. The van der Waals surface area contributed by atoms with E-state index in [1.807, 2.05) is 0 Å². The van der Waals surface area contributed by atoms with Crippen LogP contribution in [0.4, 0.5) is 17.1 Å². The standard InChI is InChI=1S/C53H41N/c1-32-11-10-14-37(29-32)54(38-21-27-42-35(30-38)19-25-46-44-23-17-33-12-6-8-15-40(33)48(44)52(2,3)50(42)46)39-22-28-43-36(31-39)20-26-47-45-24-18-34-13-7-9-16-41(34)49(45)53(4,5)51(43)47/h6-31H,1-5H3. The van der Waals surface area contributed by atoms with Crippen LogP contribution in [-0.2, 0) is 10.8 Å². The van der Waals surface area contributed by atoms with Gasteiger partial charge < -0.3 is 4.90 Å². The average molecular weight is 692 g/mol. The minimum Gasteiger partial charge on any atom is -0.310 e. The molecule has 2 aliphatic carbocycles. The molecule has 11 rings (SSSR count). The van der Waals surface area contributed by atoms with Gasteiger partial charge in [-0.3, -0.25) is 0 Å². The molecule has 0 unspecified atom stereocenters. The largest absolute Gasteiger partial charge is 0.310 e. The van der Waals surface area contributed by atoms with Gasteiger partial charge in [-0.25, -0.2) is 0 Å². The molecule has 1 heteroatoms. The fourth-order valence-electron chi connectivity index (χ4n) is 10.5. The van der Waals surface area contributed by atoms with Crippen molar-refractivity contribution in [3.63, 3.8) is 0 Å². The molecule has 1 nitrogen and oxygen atoms in total. The summed E-state index contributed by atoms with van der Waals surface area (Å²) in [4.78, 5) is 2.44. The molecular weight excluding hydrogens is 651 g/mol. The van der Waals surface area contributed by atoms with E-state index in [4.69, 9.17) is 0 Å². The SMILES string of the molecule is Cc1cccc(N(c2ccc3c4c(ccc3c2)-c2ccc3ccccc3c2C4(C)C)c2ccc3c4c(ccc3c2)-c2ccc3ccccc3c2C4(C)C)c1. The predicted molar refractivity (Wildman–Crippen MR) is 231 cm³/mol. The van der Waals surface area contributed by atoms with Gasteiger partial charge in [-0.05, 0) is 136 Å². The van der Waals surface area contributed by atoms with Gasteiger partial charge in [-0.15, -0.1) is 0 Å². The van der Waals surface area contributed by atoms with Crippen molar-refractivity contribution < 1.29 is 0 Å². The topological polar surface area (TPSA) is 3.24 Å². The molecule has 0 atom stereocenters. The van der Waals surface area contributed by atoms with E-state index in [0.29, 0.717) is 0 Å². The van der Waals surface area contributed by atoms with Gasteiger partial charge in [-0.2, -0.15) is 0 Å². The molecule has 0 fully saturated rings. The lowest BCUT2D eigenvalue weighted by molar-refractivity contribution is 0.672. The summed E-state index contributed by atoms with van der Waals surface area (Å²) >= 11 is 0. The van der Waals surface area contributed by atoms with E-state index >= 15 is 0 Å². The Kier molecular flexibility index (Phi) is 6.35. The van der Waals surface area contributed by atoms with Gasteiger partial charge in [0.1, 0.15) is 0 Å². The monoisotopic (exact) mass is 691 g/mol. The third-order valence-electron chi connectivity index (χ3n) is 12.7. The lowest BCUT2D eigenvalue weighted by atomic mass is 9.78. The second-order valence-corrected chi connectivity index (χ2v) is 16.6. The highest BCUT2D eigenvalue weighted by Gasteiger charge is 2.39. The highest BCUT2D eigenvalue weighted by atomic mass is 15.1. The maximum atomic E-state index is 2.44. The van der Waals surface area contributed by atoms with Crippen LogP contribution in [0, 0.1) is 6.92 Å². The molecule has 258 valence electrons. The second kappa shape index (κ2) is 10.9. The first-order valence-electron chi connectivity index (χ1n) is 19.3. The fraction of sp³-hybridized carbons (Fsp3) is 0.132. The zero-order chi connectivity index (χ0) is 36.5. The number of fused-ring (bicyclic) bond motifs is 14. The number of rotatable bonds is 3. The highest BCUT2D eigenvalue weighted by Crippen LogP contribution is 2.56. The number of nitrogens with zero attached hydrogens (tertiary/aromatic N) is 1. The molecule has 0 N–H and O–H groups in total. The predicted octanol–water partition coefficient (Wildman–Crippen LogP) is 14.7. The molecule has 0 amide bonds. The molecule has 0 bridgehead atoms. The Bertz CT molecular complexity index is 2880. The summed E-state index contributed by atoms with van der Waals surface area (Å²) in [5.74, 6) is 0. The van der Waals surface area contributed by atoms with E-state index in [9.17, 15) is 0 Å². The van der Waals surface area contributed by atoms with Crippen molar-refractivity contribution in [2.75, 3.05) is 4.90 Å². The molecule has 54 heavy (non-hydrogen) atoms. The van der Waals surface area contributed by atoms with E-state index in [1.165, 1.54) is 93.2 Å². The minimum atomic E-state index is -0.124. The van der Waals surface area contributed by atoms with Gasteiger partial charge in [0, 0.05) is 27.9 Å². The maximum absolute atomic E-state index is 2.44. The Morgan fingerprint density at radius 2 is 0.722 bits per heavy atom. The normalized spacial score (nSPS) is 14.7. The Morgan fingerprint density at radius 3 is 1.17 bits per heavy atom. The molecule has 0 radical (unpaired) electrons. The maximum Gasteiger partial charge on any atom is 0.0468 e. The van der Waals surface area contributed by atoms with Crippen LogP contribution in [0.1, 0.15) is 55.5 Å². The van der Waals surface area contributed by atoms with Crippen LogP contribution in [0.3, 0.4) is 0 Å². The summed E-state index contributed by atoms with van der Waals surface area (Å²) < 4.78 is 0. The van der Waals surface area contributed by atoms with Crippen LogP contribution in [0.5, 0.6) is 0 Å². The van der Waals surface area contributed by atoms with Crippen LogP contribution < -0.4 is 4.90 Å². The smallest absolute Gasteiger partial charge is 0.0468 e. The molecule has 9 aromatic carbocycles. The number of benzene rings is 9. The summed E-state index contributed by atoms with van der Waals surface area (Å²) in [6, 6.07) is 59.4. The van der Waals surface area contributed by atoms with Crippen molar-refractivity contribution in [2.24, 2.45) is 0 Å². The quantitative estimate of drug-likeness (QED) is 0.178. The highest BCUT2D eigenvalue weighted by molar-refractivity contribution is 6.06. The molecule has 0 aromatic heterocycles. The van der Waals surface area contributed by atoms with Crippen molar-refractivity contribution in [3.05, 3.63) is 186 Å². The first kappa shape index (κ1) is 31.4. The lowest BCUT2D eigenvalue weighted by Gasteiger charge is -2.28. The van der Waals surface area contributed by atoms with E-state index in [0.717, 1.165) is 17.1 Å². The number of hydrogen-bond donors (Lipinski definition) is 0. The Labute approximate surface area is 317 Å². The summed E-state index contributed by atoms with van der Waals surface area (Å²) in [7, 11) is 0. The van der Waals surface area contributed by atoms with E-state index in [-0.39, 0.29) is 10.8 Å². The van der Waals surface area contributed by atoms with Crippen molar-refractivity contribution in [2.45, 2.75) is 45.4 Å². The van der Waals surface area contributed by atoms with Crippen LogP contribution in [0.2, 0.25) is 0 Å². The molecule has 0 heterocycles. The Balaban J connectivity index is 1.07. The van der Waals surface area contributed by atoms with Crippen LogP contribution in [0.25, 0.3) is 65.3 Å². The van der Waals surface area contributed by atoms with Gasteiger partial charge in [0.15, 0.2) is 0 Å². The van der Waals surface area contributed by atoms with Crippen LogP contribution in [0.15, 0.2) is 158 Å². The van der Waals surface area contributed by atoms with Gasteiger partial charge in [-0.1, -0.05) is 149 Å². The minimum absolute atomic E-state index is 0.124. The molecule has 0 saturated carbocycles. The van der Waals surface area contributed by atoms with Crippen molar-refractivity contribution in [1.29, 1.82) is 0 Å². The van der Waals surface area contributed by atoms with Gasteiger partial charge in [0.05, 0.1) is 0 Å². The van der Waals surface area contributed by atoms with Gasteiger partial charge >= 0.3 is 0 Å². The van der Waals surface area contributed by atoms with Crippen molar-refractivity contribution >= 4 is 60.2 Å². The first-order valence-corrected chi connectivity index (χ1v) is 19.3. The summed E-state index contributed by atoms with van der Waals surface area (Å²) in [5.41, 5.74) is 15.7. The third kappa shape index (κ3) is 4.21. The van der Waals surface area contributed by atoms with Crippen LogP contribution in [-0.4, -0.2) is 0 Å². The summed E-state index contributed by atoms with van der Waals surface area (Å²) in [5, 5.41) is 10.5. The zero-order valence-electron chi connectivity index (χ0n) is 31.5. The lowest BCUT2D eigenvalue weighted by Crippen LogP contribution is -2.16. The number of anilines is 3. The number of aryl methyl sites for hydroxylation is 1. The molecular formula is C53H41N. The zero-order valence-corrected chi connectivity index (χ0v) is 31.5. The summed E-state index contributed by atoms with van der Waals surface area (Å²) in [6.07, 6.45) is 0.